The molecule has 0 radical (unpaired) electrons. The SMILES string of the molecule is CNC(=O)c1ccnc(N2CCCN(Cc3ccc(F)cc3)[C@H](C(C)C)C2)c1. The largest absolute Gasteiger partial charge is 0.355 e. The first-order chi connectivity index (χ1) is 13.5. The Morgan fingerprint density at radius 3 is 2.68 bits per heavy atom. The minimum atomic E-state index is -0.201. The van der Waals surface area contributed by atoms with Gasteiger partial charge >= 0.3 is 0 Å². The van der Waals surface area contributed by atoms with Crippen molar-refractivity contribution in [2.24, 2.45) is 5.92 Å². The molecule has 1 N–H and O–H groups in total. The summed E-state index contributed by atoms with van der Waals surface area (Å²) in [5, 5.41) is 2.67. The highest BCUT2D eigenvalue weighted by molar-refractivity contribution is 5.94. The van der Waals surface area contributed by atoms with E-state index in [0.717, 1.165) is 44.0 Å². The molecule has 1 amide bonds. The van der Waals surface area contributed by atoms with E-state index in [1.165, 1.54) is 12.1 Å². The number of halogens is 1. The standard InChI is InChI=1S/C22H29FN4O/c1-16(2)20-15-27(21-13-18(9-10-25-21)22(28)24-3)12-4-11-26(20)14-17-5-7-19(23)8-6-17/h5-10,13,16,20H,4,11-12,14-15H2,1-3H3,(H,24,28)/t20-/m0/s1. The fraction of sp³-hybridized carbons (Fsp3) is 0.455. The summed E-state index contributed by atoms with van der Waals surface area (Å²) >= 11 is 0. The van der Waals surface area contributed by atoms with Crippen LogP contribution in [0.4, 0.5) is 10.2 Å². The molecule has 0 saturated carbocycles. The first-order valence-electron chi connectivity index (χ1n) is 9.89. The van der Waals surface area contributed by atoms with Crippen LogP contribution in [-0.2, 0) is 6.54 Å². The van der Waals surface area contributed by atoms with Gasteiger partial charge in [-0.2, -0.15) is 0 Å². The van der Waals surface area contributed by atoms with Crippen LogP contribution in [0.2, 0.25) is 0 Å². The van der Waals surface area contributed by atoms with Crippen LogP contribution < -0.4 is 10.2 Å². The quantitative estimate of drug-likeness (QED) is 0.859. The smallest absolute Gasteiger partial charge is 0.251 e. The van der Waals surface area contributed by atoms with Gasteiger partial charge in [-0.05, 0) is 42.2 Å². The molecule has 1 fully saturated rings. The van der Waals surface area contributed by atoms with Gasteiger partial charge in [0.15, 0.2) is 0 Å². The number of aromatic nitrogens is 1. The summed E-state index contributed by atoms with van der Waals surface area (Å²) in [4.78, 5) is 21.3. The van der Waals surface area contributed by atoms with Gasteiger partial charge in [-0.15, -0.1) is 0 Å². The van der Waals surface area contributed by atoms with Crippen molar-refractivity contribution < 1.29 is 9.18 Å². The molecular formula is C22H29FN4O. The Hall–Kier alpha value is -2.47. The van der Waals surface area contributed by atoms with Crippen LogP contribution in [0.25, 0.3) is 0 Å². The molecule has 0 bridgehead atoms. The zero-order valence-electron chi connectivity index (χ0n) is 16.9. The lowest BCUT2D eigenvalue weighted by molar-refractivity contribution is 0.0963. The number of anilines is 1. The number of nitrogens with one attached hydrogen (secondary N) is 1. The van der Waals surface area contributed by atoms with Gasteiger partial charge in [0.2, 0.25) is 0 Å². The second kappa shape index (κ2) is 9.15. The molecule has 0 aliphatic carbocycles. The predicted molar refractivity (Wildman–Crippen MR) is 110 cm³/mol. The number of benzene rings is 1. The molecule has 1 atom stereocenters. The van der Waals surface area contributed by atoms with Gasteiger partial charge in [-0.3, -0.25) is 9.69 Å². The molecular weight excluding hydrogens is 355 g/mol. The van der Waals surface area contributed by atoms with Crippen molar-refractivity contribution in [3.05, 3.63) is 59.5 Å². The molecule has 150 valence electrons. The number of nitrogens with zero attached hydrogens (tertiary/aromatic N) is 3. The van der Waals surface area contributed by atoms with Crippen LogP contribution in [0.3, 0.4) is 0 Å². The van der Waals surface area contributed by atoms with Crippen LogP contribution in [0.5, 0.6) is 0 Å². The normalized spacial score (nSPS) is 18.2. The zero-order valence-corrected chi connectivity index (χ0v) is 16.9. The second-order valence-corrected chi connectivity index (χ2v) is 7.69. The second-order valence-electron chi connectivity index (χ2n) is 7.69. The summed E-state index contributed by atoms with van der Waals surface area (Å²) in [7, 11) is 1.64. The highest BCUT2D eigenvalue weighted by Gasteiger charge is 2.28. The molecule has 3 rings (SSSR count). The predicted octanol–water partition coefficient (Wildman–Crippen LogP) is 3.32. The van der Waals surface area contributed by atoms with Gasteiger partial charge in [-0.1, -0.05) is 26.0 Å². The summed E-state index contributed by atoms with van der Waals surface area (Å²) in [6.07, 6.45) is 2.71. The summed E-state index contributed by atoms with van der Waals surface area (Å²) in [6.45, 7) is 8.01. The maximum atomic E-state index is 13.2. The number of rotatable bonds is 5. The minimum absolute atomic E-state index is 0.100. The highest BCUT2D eigenvalue weighted by Crippen LogP contribution is 2.23. The summed E-state index contributed by atoms with van der Waals surface area (Å²) in [5.41, 5.74) is 1.75. The molecule has 1 aromatic carbocycles. The van der Waals surface area contributed by atoms with Crippen LogP contribution in [0.15, 0.2) is 42.6 Å². The first-order valence-corrected chi connectivity index (χ1v) is 9.89. The average Bonchev–Trinajstić information content (AvgIpc) is 2.92. The van der Waals surface area contributed by atoms with Crippen molar-refractivity contribution in [2.45, 2.75) is 32.9 Å². The summed E-state index contributed by atoms with van der Waals surface area (Å²) in [5.74, 6) is 1.00. The van der Waals surface area contributed by atoms with E-state index >= 15 is 0 Å². The molecule has 28 heavy (non-hydrogen) atoms. The van der Waals surface area contributed by atoms with E-state index in [1.807, 2.05) is 18.2 Å². The van der Waals surface area contributed by atoms with Crippen LogP contribution in [0, 0.1) is 11.7 Å². The van der Waals surface area contributed by atoms with E-state index in [2.05, 4.69) is 33.9 Å². The number of pyridine rings is 1. The molecule has 2 aromatic rings. The third-order valence-corrected chi connectivity index (χ3v) is 5.38. The average molecular weight is 384 g/mol. The molecule has 1 aromatic heterocycles. The van der Waals surface area contributed by atoms with Gasteiger partial charge in [0.25, 0.3) is 5.91 Å². The van der Waals surface area contributed by atoms with Crippen molar-refractivity contribution >= 4 is 11.7 Å². The molecule has 0 unspecified atom stereocenters. The van der Waals surface area contributed by atoms with E-state index in [1.54, 1.807) is 19.3 Å². The number of carbonyl (C=O) groups is 1. The first kappa shape index (κ1) is 20.3. The molecule has 1 saturated heterocycles. The van der Waals surface area contributed by atoms with Crippen LogP contribution in [0.1, 0.15) is 36.2 Å². The molecule has 5 nitrogen and oxygen atoms in total. The number of carbonyl (C=O) groups excluding carboxylic acids is 1. The van der Waals surface area contributed by atoms with Crippen LogP contribution >= 0.6 is 0 Å². The Balaban J connectivity index is 1.79. The summed E-state index contributed by atoms with van der Waals surface area (Å²) in [6, 6.07) is 10.7. The van der Waals surface area contributed by atoms with Crippen molar-refractivity contribution in [3.8, 4) is 0 Å². The van der Waals surface area contributed by atoms with E-state index in [-0.39, 0.29) is 11.7 Å². The maximum Gasteiger partial charge on any atom is 0.251 e. The topological polar surface area (TPSA) is 48.5 Å². The fourth-order valence-corrected chi connectivity index (χ4v) is 3.80. The van der Waals surface area contributed by atoms with Gasteiger partial charge in [-0.25, -0.2) is 9.37 Å². The monoisotopic (exact) mass is 384 g/mol. The lowest BCUT2D eigenvalue weighted by Crippen LogP contribution is -2.44. The van der Waals surface area contributed by atoms with Crippen molar-refractivity contribution in [2.75, 3.05) is 31.6 Å². The highest BCUT2D eigenvalue weighted by atomic mass is 19.1. The third kappa shape index (κ3) is 4.87. The van der Waals surface area contributed by atoms with Crippen molar-refractivity contribution in [1.82, 2.24) is 15.2 Å². The Labute approximate surface area is 166 Å². The Morgan fingerprint density at radius 2 is 2.00 bits per heavy atom. The van der Waals surface area contributed by atoms with Gasteiger partial charge in [0.1, 0.15) is 11.6 Å². The number of amides is 1. The lowest BCUT2D eigenvalue weighted by Gasteiger charge is -2.35. The van der Waals surface area contributed by atoms with Gasteiger partial charge < -0.3 is 10.2 Å². The molecule has 1 aliphatic rings. The Kier molecular flexibility index (Phi) is 6.62. The molecule has 2 heterocycles. The molecule has 0 spiro atoms. The lowest BCUT2D eigenvalue weighted by atomic mass is 10.0. The third-order valence-electron chi connectivity index (χ3n) is 5.38. The number of hydrogen-bond donors (Lipinski definition) is 1. The van der Waals surface area contributed by atoms with Gasteiger partial charge in [0.05, 0.1) is 0 Å². The van der Waals surface area contributed by atoms with Crippen molar-refractivity contribution in [1.29, 1.82) is 0 Å². The van der Waals surface area contributed by atoms with Crippen LogP contribution in [-0.4, -0.2) is 48.5 Å². The van der Waals surface area contributed by atoms with Gasteiger partial charge in [0, 0.05) is 51.0 Å². The maximum absolute atomic E-state index is 13.2. The van der Waals surface area contributed by atoms with E-state index < -0.39 is 0 Å². The summed E-state index contributed by atoms with van der Waals surface area (Å²) < 4.78 is 13.2. The van der Waals surface area contributed by atoms with E-state index in [9.17, 15) is 9.18 Å². The Bertz CT molecular complexity index is 793. The minimum Gasteiger partial charge on any atom is -0.355 e. The fourth-order valence-electron chi connectivity index (χ4n) is 3.80. The molecule has 1 aliphatic heterocycles. The molecule has 6 heteroatoms. The van der Waals surface area contributed by atoms with E-state index in [0.29, 0.717) is 17.5 Å². The Morgan fingerprint density at radius 1 is 1.25 bits per heavy atom. The zero-order chi connectivity index (χ0) is 20.1. The number of hydrogen-bond acceptors (Lipinski definition) is 4. The van der Waals surface area contributed by atoms with E-state index in [4.69, 9.17) is 0 Å². The van der Waals surface area contributed by atoms with Crippen molar-refractivity contribution in [3.63, 3.8) is 0 Å².